The minimum atomic E-state index is -0.470. The van der Waals surface area contributed by atoms with Crippen molar-refractivity contribution < 1.29 is 19.1 Å². The molecule has 1 aromatic carbocycles. The van der Waals surface area contributed by atoms with Crippen LogP contribution in [0.25, 0.3) is 0 Å². The highest BCUT2D eigenvalue weighted by molar-refractivity contribution is 6.00. The summed E-state index contributed by atoms with van der Waals surface area (Å²) in [5.41, 5.74) is 0.212. The lowest BCUT2D eigenvalue weighted by atomic mass is 9.84. The normalized spacial score (nSPS) is 36.6. The summed E-state index contributed by atoms with van der Waals surface area (Å²) in [6.45, 7) is 8.02. The van der Waals surface area contributed by atoms with Crippen LogP contribution in [0.3, 0.4) is 0 Å². The maximum absolute atomic E-state index is 12.8. The number of Topliss-reactive ketones (excluding diaryl/α,β-unsaturated/α-hetero) is 1. The van der Waals surface area contributed by atoms with Gasteiger partial charge in [0.1, 0.15) is 11.4 Å². The van der Waals surface area contributed by atoms with Gasteiger partial charge in [0.15, 0.2) is 5.78 Å². The lowest BCUT2D eigenvalue weighted by molar-refractivity contribution is -0.124. The maximum Gasteiger partial charge on any atom is 0.223 e. The second kappa shape index (κ2) is 8.21. The smallest absolute Gasteiger partial charge is 0.223 e. The number of rotatable bonds is 6. The van der Waals surface area contributed by atoms with Gasteiger partial charge in [0.25, 0.3) is 0 Å². The molecule has 2 aliphatic heterocycles. The molecule has 4 aliphatic rings. The molecule has 1 amide bonds. The van der Waals surface area contributed by atoms with Gasteiger partial charge in [-0.2, -0.15) is 0 Å². The number of amides is 1. The van der Waals surface area contributed by atoms with Crippen LogP contribution in [-0.4, -0.2) is 60.6 Å². The molecule has 6 atom stereocenters. The van der Waals surface area contributed by atoms with Crippen molar-refractivity contribution in [2.24, 2.45) is 17.8 Å². The summed E-state index contributed by atoms with van der Waals surface area (Å²) < 4.78 is 12.2. The van der Waals surface area contributed by atoms with Gasteiger partial charge < -0.3 is 14.8 Å². The molecule has 168 valence electrons. The molecule has 5 rings (SSSR count). The van der Waals surface area contributed by atoms with Crippen LogP contribution < -0.4 is 10.1 Å². The van der Waals surface area contributed by atoms with E-state index in [0.717, 1.165) is 51.9 Å². The quantitative estimate of drug-likeness (QED) is 0.708. The highest BCUT2D eigenvalue weighted by Gasteiger charge is 2.70. The Kier molecular flexibility index (Phi) is 5.55. The summed E-state index contributed by atoms with van der Waals surface area (Å²) in [6.07, 6.45) is 4.92. The molecule has 1 spiro atoms. The van der Waals surface area contributed by atoms with Crippen molar-refractivity contribution >= 4 is 11.7 Å². The van der Waals surface area contributed by atoms with E-state index >= 15 is 0 Å². The minimum Gasteiger partial charge on any atom is -0.486 e. The van der Waals surface area contributed by atoms with Gasteiger partial charge in [-0.1, -0.05) is 12.1 Å². The molecule has 1 N–H and O–H groups in total. The second-order valence-electron chi connectivity index (χ2n) is 10.0. The lowest BCUT2D eigenvalue weighted by Gasteiger charge is -2.37. The van der Waals surface area contributed by atoms with E-state index in [1.54, 1.807) is 0 Å². The molecule has 0 radical (unpaired) electrons. The van der Waals surface area contributed by atoms with Crippen molar-refractivity contribution in [3.05, 3.63) is 29.8 Å². The number of hydrogen-bond acceptors (Lipinski definition) is 5. The first kappa shape index (κ1) is 21.0. The molecule has 0 aromatic heterocycles. The Labute approximate surface area is 184 Å². The van der Waals surface area contributed by atoms with Crippen LogP contribution >= 0.6 is 0 Å². The number of morpholine rings is 1. The minimum absolute atomic E-state index is 0.00718. The number of carbonyl (C=O) groups is 2. The maximum atomic E-state index is 12.8. The highest BCUT2D eigenvalue weighted by Crippen LogP contribution is 2.65. The van der Waals surface area contributed by atoms with E-state index in [0.29, 0.717) is 35.9 Å². The molecule has 2 saturated carbocycles. The van der Waals surface area contributed by atoms with Crippen molar-refractivity contribution in [2.45, 2.75) is 63.8 Å². The molecule has 0 bridgehead atoms. The third kappa shape index (κ3) is 4.00. The zero-order valence-electron chi connectivity index (χ0n) is 18.6. The van der Waals surface area contributed by atoms with Crippen molar-refractivity contribution in [3.63, 3.8) is 0 Å². The molecule has 2 aliphatic carbocycles. The highest BCUT2D eigenvalue weighted by atomic mass is 16.5. The molecule has 3 fully saturated rings. The Bertz CT molecular complexity index is 848. The molecule has 2 heterocycles. The summed E-state index contributed by atoms with van der Waals surface area (Å²) in [5, 5.41) is 3.16. The Balaban J connectivity index is 1.09. The lowest BCUT2D eigenvalue weighted by Crippen LogP contribution is -2.45. The van der Waals surface area contributed by atoms with Gasteiger partial charge in [-0.05, 0) is 64.1 Å². The number of benzene rings is 1. The average Bonchev–Trinajstić information content (AvgIpc) is 3.38. The summed E-state index contributed by atoms with van der Waals surface area (Å²) >= 11 is 0. The van der Waals surface area contributed by atoms with Gasteiger partial charge in [-0.15, -0.1) is 0 Å². The molecule has 1 saturated heterocycles. The van der Waals surface area contributed by atoms with Crippen molar-refractivity contribution in [3.8, 4) is 5.75 Å². The van der Waals surface area contributed by atoms with E-state index in [-0.39, 0.29) is 23.5 Å². The Hall–Kier alpha value is -1.92. The fourth-order valence-corrected chi connectivity index (χ4v) is 6.38. The first-order chi connectivity index (χ1) is 15.0. The molecular formula is C25H34N2O4. The van der Waals surface area contributed by atoms with E-state index in [2.05, 4.69) is 24.1 Å². The first-order valence-corrected chi connectivity index (χ1v) is 11.9. The first-order valence-electron chi connectivity index (χ1n) is 11.9. The predicted molar refractivity (Wildman–Crippen MR) is 117 cm³/mol. The summed E-state index contributed by atoms with van der Waals surface area (Å²) in [5.74, 6) is 1.55. The molecule has 6 unspecified atom stereocenters. The third-order valence-corrected chi connectivity index (χ3v) is 7.64. The number of ether oxygens (including phenoxy) is 2. The predicted octanol–water partition coefficient (Wildman–Crippen LogP) is 3.05. The number of fused-ring (bicyclic) bond motifs is 3. The van der Waals surface area contributed by atoms with Gasteiger partial charge in [-0.3, -0.25) is 14.5 Å². The SMILES string of the molecule is CC1CN(CCCCNC(=O)C2C3CCC4(CC(=O)c5ccccc5O4)C32)CC(C)O1. The number of nitrogens with zero attached hydrogens (tertiary/aromatic N) is 1. The van der Waals surface area contributed by atoms with E-state index in [9.17, 15) is 9.59 Å². The Morgan fingerprint density at radius 1 is 1.19 bits per heavy atom. The standard InChI is InChI=1S/C25H34N2O4/c1-16-14-27(15-17(2)30-16)12-6-5-11-26-24(29)22-19-9-10-25(23(19)22)13-20(28)18-7-3-4-8-21(18)31-25/h3-4,7-8,16-17,19,22-23H,5-6,9-15H2,1-2H3,(H,26,29). The average molecular weight is 427 g/mol. The van der Waals surface area contributed by atoms with Gasteiger partial charge >= 0.3 is 0 Å². The Morgan fingerprint density at radius 3 is 2.77 bits per heavy atom. The Morgan fingerprint density at radius 2 is 1.97 bits per heavy atom. The number of nitrogens with one attached hydrogen (secondary N) is 1. The fourth-order valence-electron chi connectivity index (χ4n) is 6.38. The van der Waals surface area contributed by atoms with Gasteiger partial charge in [-0.25, -0.2) is 0 Å². The molecule has 6 nitrogen and oxygen atoms in total. The summed E-state index contributed by atoms with van der Waals surface area (Å²) in [6, 6.07) is 7.51. The fraction of sp³-hybridized carbons (Fsp3) is 0.680. The third-order valence-electron chi connectivity index (χ3n) is 7.64. The van der Waals surface area contributed by atoms with Crippen LogP contribution in [0, 0.1) is 17.8 Å². The zero-order chi connectivity index (χ0) is 21.6. The van der Waals surface area contributed by atoms with Gasteiger partial charge in [0, 0.05) is 31.5 Å². The largest absolute Gasteiger partial charge is 0.486 e. The molecular weight excluding hydrogens is 392 g/mol. The summed E-state index contributed by atoms with van der Waals surface area (Å²) in [7, 11) is 0. The van der Waals surface area contributed by atoms with Crippen LogP contribution in [0.15, 0.2) is 24.3 Å². The van der Waals surface area contributed by atoms with Crippen LogP contribution in [0.4, 0.5) is 0 Å². The zero-order valence-corrected chi connectivity index (χ0v) is 18.6. The topological polar surface area (TPSA) is 67.9 Å². The molecule has 6 heteroatoms. The van der Waals surface area contributed by atoms with Crippen LogP contribution in [0.5, 0.6) is 5.75 Å². The summed E-state index contributed by atoms with van der Waals surface area (Å²) in [4.78, 5) is 28.0. The molecule has 31 heavy (non-hydrogen) atoms. The van der Waals surface area contributed by atoms with E-state index in [1.807, 2.05) is 24.3 Å². The number of para-hydroxylation sites is 1. The van der Waals surface area contributed by atoms with Crippen LogP contribution in [-0.2, 0) is 9.53 Å². The van der Waals surface area contributed by atoms with Crippen molar-refractivity contribution in [2.75, 3.05) is 26.2 Å². The van der Waals surface area contributed by atoms with Crippen LogP contribution in [0.1, 0.15) is 56.3 Å². The van der Waals surface area contributed by atoms with E-state index in [4.69, 9.17) is 9.47 Å². The van der Waals surface area contributed by atoms with Crippen molar-refractivity contribution in [1.82, 2.24) is 10.2 Å². The van der Waals surface area contributed by atoms with E-state index in [1.165, 1.54) is 0 Å². The number of ketones is 1. The number of hydrogen-bond donors (Lipinski definition) is 1. The number of unbranched alkanes of at least 4 members (excludes halogenated alkanes) is 1. The second-order valence-corrected chi connectivity index (χ2v) is 10.0. The van der Waals surface area contributed by atoms with Crippen LogP contribution in [0.2, 0.25) is 0 Å². The van der Waals surface area contributed by atoms with Crippen molar-refractivity contribution in [1.29, 1.82) is 0 Å². The van der Waals surface area contributed by atoms with Gasteiger partial charge in [0.2, 0.25) is 5.91 Å². The molecule has 1 aromatic rings. The number of carbonyl (C=O) groups excluding carboxylic acids is 2. The van der Waals surface area contributed by atoms with Gasteiger partial charge in [0.05, 0.1) is 24.2 Å². The monoisotopic (exact) mass is 426 g/mol. The van der Waals surface area contributed by atoms with E-state index < -0.39 is 5.60 Å².